The third-order valence-electron chi connectivity index (χ3n) is 4.18. The van der Waals surface area contributed by atoms with Crippen molar-refractivity contribution in [3.05, 3.63) is 29.8 Å². The molecule has 0 aliphatic carbocycles. The Bertz CT molecular complexity index is 551. The van der Waals surface area contributed by atoms with Gasteiger partial charge in [0.15, 0.2) is 0 Å². The third kappa shape index (κ3) is 2.47. The molecular weight excluding hydrogens is 252 g/mol. The number of nitriles is 1. The highest BCUT2D eigenvalue weighted by atomic mass is 16.2. The number of hydrogen-bond acceptors (Lipinski definition) is 3. The predicted molar refractivity (Wildman–Crippen MR) is 76.3 cm³/mol. The van der Waals surface area contributed by atoms with Crippen LogP contribution in [0.1, 0.15) is 18.4 Å². The first-order chi connectivity index (χ1) is 9.78. The molecule has 2 N–H and O–H groups in total. The summed E-state index contributed by atoms with van der Waals surface area (Å²) >= 11 is 0. The summed E-state index contributed by atoms with van der Waals surface area (Å²) in [6.45, 7) is 2.71. The van der Waals surface area contributed by atoms with Crippen LogP contribution in [0.3, 0.4) is 0 Å². The Kier molecular flexibility index (Phi) is 3.57. The van der Waals surface area contributed by atoms with Crippen LogP contribution in [0.4, 0.5) is 10.5 Å². The highest BCUT2D eigenvalue weighted by molar-refractivity contribution is 5.89. The number of amides is 2. The molecular formula is C15H18N4O. The van der Waals surface area contributed by atoms with Gasteiger partial charge in [-0.15, -0.1) is 0 Å². The van der Waals surface area contributed by atoms with Gasteiger partial charge < -0.3 is 15.5 Å². The molecule has 5 heteroatoms. The van der Waals surface area contributed by atoms with E-state index in [2.05, 4.69) is 16.7 Å². The maximum atomic E-state index is 12.4. The van der Waals surface area contributed by atoms with Crippen molar-refractivity contribution in [2.75, 3.05) is 25.0 Å². The van der Waals surface area contributed by atoms with Gasteiger partial charge in [0.25, 0.3) is 0 Å². The van der Waals surface area contributed by atoms with Crippen LogP contribution in [-0.4, -0.2) is 36.6 Å². The molecule has 2 amide bonds. The number of benzene rings is 1. The monoisotopic (exact) mass is 270 g/mol. The summed E-state index contributed by atoms with van der Waals surface area (Å²) in [5.74, 6) is 0.583. The first-order valence-electron chi connectivity index (χ1n) is 7.06. The van der Waals surface area contributed by atoms with E-state index in [0.29, 0.717) is 23.2 Å². The molecule has 2 aliphatic rings. The van der Waals surface area contributed by atoms with E-state index in [1.165, 1.54) is 6.42 Å². The van der Waals surface area contributed by atoms with Crippen LogP contribution >= 0.6 is 0 Å². The summed E-state index contributed by atoms with van der Waals surface area (Å²) in [5.41, 5.74) is 1.24. The Morgan fingerprint density at radius 2 is 2.35 bits per heavy atom. The second-order valence-corrected chi connectivity index (χ2v) is 5.44. The standard InChI is InChI=1S/C15H18N4O/c16-8-11-3-1-5-13(7-11)18-15(20)19-6-2-4-12-9-17-10-14(12)19/h1,3,5,7,12,14,17H,2,4,6,9-10H2,(H,18,20). The van der Waals surface area contributed by atoms with Crippen molar-refractivity contribution in [3.63, 3.8) is 0 Å². The summed E-state index contributed by atoms with van der Waals surface area (Å²) in [4.78, 5) is 14.4. The lowest BCUT2D eigenvalue weighted by molar-refractivity contribution is 0.147. The Morgan fingerprint density at radius 3 is 3.20 bits per heavy atom. The van der Waals surface area contributed by atoms with Crippen LogP contribution in [0.25, 0.3) is 0 Å². The molecule has 20 heavy (non-hydrogen) atoms. The van der Waals surface area contributed by atoms with Gasteiger partial charge in [0.1, 0.15) is 0 Å². The largest absolute Gasteiger partial charge is 0.322 e. The van der Waals surface area contributed by atoms with E-state index in [-0.39, 0.29) is 6.03 Å². The summed E-state index contributed by atoms with van der Waals surface area (Å²) < 4.78 is 0. The van der Waals surface area contributed by atoms with E-state index in [4.69, 9.17) is 5.26 Å². The van der Waals surface area contributed by atoms with Crippen molar-refractivity contribution in [2.24, 2.45) is 5.92 Å². The molecule has 2 heterocycles. The van der Waals surface area contributed by atoms with Crippen molar-refractivity contribution in [1.82, 2.24) is 10.2 Å². The van der Waals surface area contributed by atoms with Crippen molar-refractivity contribution in [1.29, 1.82) is 5.26 Å². The number of nitrogens with one attached hydrogen (secondary N) is 2. The molecule has 0 saturated carbocycles. The topological polar surface area (TPSA) is 68.2 Å². The van der Waals surface area contributed by atoms with Gasteiger partial charge in [0.2, 0.25) is 0 Å². The van der Waals surface area contributed by atoms with Gasteiger partial charge in [0.05, 0.1) is 11.6 Å². The van der Waals surface area contributed by atoms with E-state index >= 15 is 0 Å². The van der Waals surface area contributed by atoms with E-state index in [0.717, 1.165) is 26.1 Å². The number of carbonyl (C=O) groups is 1. The van der Waals surface area contributed by atoms with E-state index in [1.54, 1.807) is 18.2 Å². The van der Waals surface area contributed by atoms with E-state index in [1.807, 2.05) is 11.0 Å². The van der Waals surface area contributed by atoms with Crippen LogP contribution in [0.2, 0.25) is 0 Å². The molecule has 1 aromatic rings. The van der Waals surface area contributed by atoms with Crippen LogP contribution < -0.4 is 10.6 Å². The number of carbonyl (C=O) groups excluding carboxylic acids is 1. The van der Waals surface area contributed by atoms with Gasteiger partial charge in [-0.25, -0.2) is 4.79 Å². The Hall–Kier alpha value is -2.06. The van der Waals surface area contributed by atoms with Crippen LogP contribution in [0.15, 0.2) is 24.3 Å². The molecule has 0 bridgehead atoms. The summed E-state index contributed by atoms with van der Waals surface area (Å²) in [5, 5.41) is 15.2. The fraction of sp³-hybridized carbons (Fsp3) is 0.467. The minimum absolute atomic E-state index is 0.0570. The molecule has 1 aromatic carbocycles. The van der Waals surface area contributed by atoms with Crippen molar-refractivity contribution < 1.29 is 4.79 Å². The maximum absolute atomic E-state index is 12.4. The highest BCUT2D eigenvalue weighted by Gasteiger charge is 2.37. The zero-order chi connectivity index (χ0) is 13.9. The fourth-order valence-electron chi connectivity index (χ4n) is 3.18. The number of nitrogens with zero attached hydrogens (tertiary/aromatic N) is 2. The number of hydrogen-bond donors (Lipinski definition) is 2. The summed E-state index contributed by atoms with van der Waals surface area (Å²) in [7, 11) is 0. The smallest absolute Gasteiger partial charge is 0.320 e. The van der Waals surface area contributed by atoms with Gasteiger partial charge in [-0.3, -0.25) is 0 Å². The first kappa shape index (κ1) is 12.9. The normalized spacial score (nSPS) is 24.9. The Labute approximate surface area is 118 Å². The number of anilines is 1. The zero-order valence-corrected chi connectivity index (χ0v) is 11.3. The van der Waals surface area contributed by atoms with Gasteiger partial charge in [-0.05, 0) is 37.0 Å². The third-order valence-corrected chi connectivity index (χ3v) is 4.18. The van der Waals surface area contributed by atoms with Gasteiger partial charge in [-0.2, -0.15) is 5.26 Å². The van der Waals surface area contributed by atoms with Crippen molar-refractivity contribution >= 4 is 11.7 Å². The zero-order valence-electron chi connectivity index (χ0n) is 11.3. The molecule has 2 fully saturated rings. The van der Waals surface area contributed by atoms with Crippen LogP contribution in [-0.2, 0) is 0 Å². The molecule has 104 valence electrons. The number of rotatable bonds is 1. The van der Waals surface area contributed by atoms with Crippen molar-refractivity contribution in [2.45, 2.75) is 18.9 Å². The lowest BCUT2D eigenvalue weighted by Gasteiger charge is -2.36. The number of likely N-dealkylation sites (tertiary alicyclic amines) is 1. The highest BCUT2D eigenvalue weighted by Crippen LogP contribution is 2.27. The molecule has 0 spiro atoms. The maximum Gasteiger partial charge on any atom is 0.322 e. The lowest BCUT2D eigenvalue weighted by Crippen LogP contribution is -2.50. The SMILES string of the molecule is N#Cc1cccc(NC(=O)N2CCCC3CNCC32)c1. The molecule has 3 rings (SSSR count). The van der Waals surface area contributed by atoms with E-state index in [9.17, 15) is 4.79 Å². The molecule has 2 atom stereocenters. The number of piperidine rings is 1. The molecule has 0 aromatic heterocycles. The number of urea groups is 1. The summed E-state index contributed by atoms with van der Waals surface area (Å²) in [6, 6.07) is 9.36. The fourth-order valence-corrected chi connectivity index (χ4v) is 3.18. The Balaban J connectivity index is 1.70. The molecule has 2 aliphatic heterocycles. The van der Waals surface area contributed by atoms with E-state index < -0.39 is 0 Å². The summed E-state index contributed by atoms with van der Waals surface area (Å²) in [6.07, 6.45) is 2.26. The predicted octanol–water partition coefficient (Wildman–Crippen LogP) is 1.77. The lowest BCUT2D eigenvalue weighted by atomic mass is 9.92. The quantitative estimate of drug-likeness (QED) is 0.817. The van der Waals surface area contributed by atoms with Gasteiger partial charge >= 0.3 is 6.03 Å². The van der Waals surface area contributed by atoms with Gasteiger partial charge in [0, 0.05) is 31.4 Å². The molecule has 5 nitrogen and oxygen atoms in total. The second kappa shape index (κ2) is 5.51. The minimum atomic E-state index is -0.0570. The minimum Gasteiger partial charge on any atom is -0.320 e. The van der Waals surface area contributed by atoms with Crippen LogP contribution in [0, 0.1) is 17.2 Å². The second-order valence-electron chi connectivity index (χ2n) is 5.44. The van der Waals surface area contributed by atoms with Crippen molar-refractivity contribution in [3.8, 4) is 6.07 Å². The number of fused-ring (bicyclic) bond motifs is 1. The van der Waals surface area contributed by atoms with Crippen LogP contribution in [0.5, 0.6) is 0 Å². The molecule has 2 saturated heterocycles. The average Bonchev–Trinajstić information content (AvgIpc) is 2.95. The average molecular weight is 270 g/mol. The van der Waals surface area contributed by atoms with Gasteiger partial charge in [-0.1, -0.05) is 6.07 Å². The molecule has 2 unspecified atom stereocenters. The molecule has 0 radical (unpaired) electrons. The first-order valence-corrected chi connectivity index (χ1v) is 7.06. The Morgan fingerprint density at radius 1 is 1.45 bits per heavy atom.